The first-order valence-corrected chi connectivity index (χ1v) is 3.58. The van der Waals surface area contributed by atoms with Crippen molar-refractivity contribution in [2.24, 2.45) is 0 Å². The molecule has 1 heterocycles. The molecule has 0 unspecified atom stereocenters. The fourth-order valence-corrected chi connectivity index (χ4v) is 1.31. The number of halogens is 2. The summed E-state index contributed by atoms with van der Waals surface area (Å²) in [6, 6.07) is 0. The Bertz CT molecular complexity index is 384. The van der Waals surface area contributed by atoms with Crippen molar-refractivity contribution in [2.75, 3.05) is 0 Å². The molecule has 4 heteroatoms. The highest BCUT2D eigenvalue weighted by atomic mass is 79.9. The maximum Gasteiger partial charge on any atom is 0.177 e. The van der Waals surface area contributed by atoms with Crippen LogP contribution >= 0.6 is 31.9 Å². The second-order valence-electron chi connectivity index (χ2n) is 1.23. The third-order valence-electron chi connectivity index (χ3n) is 0.733. The van der Waals surface area contributed by atoms with Gasteiger partial charge in [-0.25, -0.2) is 4.98 Å². The van der Waals surface area contributed by atoms with E-state index in [1.54, 1.807) is 0 Å². The summed E-state index contributed by atoms with van der Waals surface area (Å²) in [5.74, 6) is 0. The zero-order chi connectivity index (χ0) is 12.0. The highest BCUT2D eigenvalue weighted by Gasteiger charge is 2.00. The Morgan fingerprint density at radius 1 is 2.11 bits per heavy atom. The van der Waals surface area contributed by atoms with Gasteiger partial charge in [0, 0.05) is 13.4 Å². The Balaban J connectivity index is 3.39. The van der Waals surface area contributed by atoms with Crippen molar-refractivity contribution in [1.29, 1.82) is 0 Å². The SMILES string of the molecule is [2H]c1nc(Br)n(C([2H])([2H])C([2H])([2H])[2H])c1Br. The van der Waals surface area contributed by atoms with E-state index in [2.05, 4.69) is 36.8 Å². The smallest absolute Gasteiger partial charge is 0.177 e. The predicted molar refractivity (Wildman–Crippen MR) is 43.3 cm³/mol. The van der Waals surface area contributed by atoms with Gasteiger partial charge < -0.3 is 4.57 Å². The van der Waals surface area contributed by atoms with Crippen LogP contribution in [0, 0.1) is 0 Å². The van der Waals surface area contributed by atoms with Gasteiger partial charge in [0.25, 0.3) is 0 Å². The van der Waals surface area contributed by atoms with Crippen LogP contribution in [0.2, 0.25) is 0 Å². The first-order valence-electron chi connectivity index (χ1n) is 5.00. The quantitative estimate of drug-likeness (QED) is 0.758. The molecule has 0 N–H and O–H groups in total. The van der Waals surface area contributed by atoms with Crippen LogP contribution in [0.25, 0.3) is 0 Å². The van der Waals surface area contributed by atoms with E-state index >= 15 is 0 Å². The molecule has 0 aliphatic rings. The Morgan fingerprint density at radius 2 is 2.89 bits per heavy atom. The third kappa shape index (κ3) is 1.35. The molecule has 0 saturated heterocycles. The van der Waals surface area contributed by atoms with Crippen LogP contribution in [-0.2, 0) is 6.50 Å². The minimum absolute atomic E-state index is 0.0181. The zero-order valence-electron chi connectivity index (χ0n) is 10.2. The van der Waals surface area contributed by atoms with Crippen molar-refractivity contribution in [3.8, 4) is 0 Å². The van der Waals surface area contributed by atoms with Gasteiger partial charge in [0.1, 0.15) is 4.60 Å². The summed E-state index contributed by atoms with van der Waals surface area (Å²) in [6.07, 6.45) is -0.227. The fourth-order valence-electron chi connectivity index (χ4n) is 0.368. The number of hydrogen-bond donors (Lipinski definition) is 0. The molecule has 0 aliphatic heterocycles. The summed E-state index contributed by atoms with van der Waals surface area (Å²) in [6.45, 7) is -5.47. The predicted octanol–water partition coefficient (Wildman–Crippen LogP) is 2.43. The lowest BCUT2D eigenvalue weighted by atomic mass is 10.7. The lowest BCUT2D eigenvalue weighted by Gasteiger charge is -1.97. The minimum Gasteiger partial charge on any atom is -0.314 e. The van der Waals surface area contributed by atoms with E-state index in [1.165, 1.54) is 0 Å². The number of aromatic nitrogens is 2. The number of nitrogens with zero attached hydrogens (tertiary/aromatic N) is 2. The normalized spacial score (nSPS) is 22.9. The fraction of sp³-hybridized carbons (Fsp3) is 0.400. The van der Waals surface area contributed by atoms with E-state index in [0.717, 1.165) is 4.57 Å². The first kappa shape index (κ1) is 2.66. The van der Waals surface area contributed by atoms with E-state index in [1.807, 2.05) is 0 Å². The van der Waals surface area contributed by atoms with Gasteiger partial charge in [0.15, 0.2) is 4.73 Å². The molecular formula is C5H6Br2N2. The van der Waals surface area contributed by atoms with E-state index in [-0.39, 0.29) is 15.5 Å². The van der Waals surface area contributed by atoms with Gasteiger partial charge in [0.05, 0.1) is 7.54 Å². The number of imidazole rings is 1. The van der Waals surface area contributed by atoms with Crippen molar-refractivity contribution in [2.45, 2.75) is 13.3 Å². The molecule has 0 amide bonds. The van der Waals surface area contributed by atoms with Gasteiger partial charge in [-0.15, -0.1) is 0 Å². The minimum atomic E-state index is -2.84. The van der Waals surface area contributed by atoms with Gasteiger partial charge in [-0.2, -0.15) is 0 Å². The molecule has 2 nitrogen and oxygen atoms in total. The molecule has 0 fully saturated rings. The van der Waals surface area contributed by atoms with E-state index in [0.29, 0.717) is 0 Å². The molecule has 50 valence electrons. The van der Waals surface area contributed by atoms with Crippen molar-refractivity contribution in [3.63, 3.8) is 0 Å². The molecule has 0 radical (unpaired) electrons. The van der Waals surface area contributed by atoms with Gasteiger partial charge in [-0.1, -0.05) is 0 Å². The molecule has 0 saturated carbocycles. The van der Waals surface area contributed by atoms with Gasteiger partial charge in [0.2, 0.25) is 0 Å². The van der Waals surface area contributed by atoms with Crippen LogP contribution in [0.4, 0.5) is 0 Å². The topological polar surface area (TPSA) is 17.8 Å². The third-order valence-corrected chi connectivity index (χ3v) is 1.80. The Kier molecular flexibility index (Phi) is 0.838. The summed E-state index contributed by atoms with van der Waals surface area (Å²) < 4.78 is 44.3. The standard InChI is InChI=1S/C5H6Br2N2/c1-2-9-4(6)3-8-5(9)7/h3H,2H2,1H3/i1D3,2D2,3D. The van der Waals surface area contributed by atoms with Crippen LogP contribution in [-0.4, -0.2) is 9.55 Å². The second kappa shape index (κ2) is 2.84. The Hall–Kier alpha value is 0.170. The highest BCUT2D eigenvalue weighted by Crippen LogP contribution is 2.15. The van der Waals surface area contributed by atoms with Crippen molar-refractivity contribution in [3.05, 3.63) is 15.5 Å². The molecule has 0 spiro atoms. The van der Waals surface area contributed by atoms with Gasteiger partial charge in [-0.3, -0.25) is 0 Å². The van der Waals surface area contributed by atoms with E-state index < -0.39 is 13.3 Å². The lowest BCUT2D eigenvalue weighted by Crippen LogP contribution is -1.93. The summed E-state index contributed by atoms with van der Waals surface area (Å²) in [5, 5.41) is 0. The van der Waals surface area contributed by atoms with E-state index in [9.17, 15) is 0 Å². The largest absolute Gasteiger partial charge is 0.314 e. The molecule has 9 heavy (non-hydrogen) atoms. The summed E-state index contributed by atoms with van der Waals surface area (Å²) in [7, 11) is 0. The van der Waals surface area contributed by atoms with Crippen LogP contribution in [0.1, 0.15) is 15.1 Å². The van der Waals surface area contributed by atoms with Crippen LogP contribution in [0.15, 0.2) is 15.5 Å². The number of hydrogen-bond acceptors (Lipinski definition) is 1. The van der Waals surface area contributed by atoms with Crippen LogP contribution in [0.3, 0.4) is 0 Å². The second-order valence-corrected chi connectivity index (χ2v) is 2.69. The molecule has 0 aliphatic carbocycles. The van der Waals surface area contributed by atoms with Crippen LogP contribution in [0.5, 0.6) is 0 Å². The molecule has 0 bridgehead atoms. The first-order chi connectivity index (χ1) is 6.59. The maximum atomic E-state index is 7.50. The summed E-state index contributed by atoms with van der Waals surface area (Å²) in [4.78, 5) is 3.60. The Morgan fingerprint density at radius 3 is 3.33 bits per heavy atom. The van der Waals surface area contributed by atoms with Gasteiger partial charge in [-0.05, 0) is 38.7 Å². The van der Waals surface area contributed by atoms with Crippen molar-refractivity contribution in [1.82, 2.24) is 9.55 Å². The van der Waals surface area contributed by atoms with Crippen molar-refractivity contribution >= 4 is 31.9 Å². The summed E-state index contributed by atoms with van der Waals surface area (Å²) in [5.41, 5.74) is 0. The monoisotopic (exact) mass is 258 g/mol. The van der Waals surface area contributed by atoms with Crippen LogP contribution < -0.4 is 0 Å². The van der Waals surface area contributed by atoms with E-state index in [4.69, 9.17) is 8.22 Å². The molecule has 0 atom stereocenters. The average Bonchev–Trinajstić information content (AvgIpc) is 2.24. The molecule has 1 aromatic rings. The number of rotatable bonds is 1. The lowest BCUT2D eigenvalue weighted by molar-refractivity contribution is 0.726. The molecule has 0 aromatic carbocycles. The van der Waals surface area contributed by atoms with Crippen molar-refractivity contribution < 1.29 is 8.22 Å². The molecule has 1 rings (SSSR count). The molecular weight excluding hydrogens is 248 g/mol. The Labute approximate surface area is 79.0 Å². The molecule has 1 aromatic heterocycles. The highest BCUT2D eigenvalue weighted by molar-refractivity contribution is 9.11. The maximum absolute atomic E-state index is 7.50. The van der Waals surface area contributed by atoms with Gasteiger partial charge >= 0.3 is 0 Å². The average molecular weight is 260 g/mol. The zero-order valence-corrected chi connectivity index (χ0v) is 7.32. The summed E-state index contributed by atoms with van der Waals surface area (Å²) >= 11 is 5.83.